The molecule has 4 unspecified atom stereocenters. The zero-order valence-corrected chi connectivity index (χ0v) is 27.6. The zero-order valence-electron chi connectivity index (χ0n) is 27.7. The second-order valence-corrected chi connectivity index (χ2v) is 13.9. The second kappa shape index (κ2) is 13.1. The highest BCUT2D eigenvalue weighted by Crippen LogP contribution is 2.69. The van der Waals surface area contributed by atoms with E-state index in [-0.39, 0.29) is 37.1 Å². The van der Waals surface area contributed by atoms with Crippen molar-refractivity contribution in [2.45, 2.75) is 75.7 Å². The quantitative estimate of drug-likeness (QED) is 0.112. The normalized spacial score (nSPS) is 27.8. The maximum Gasteiger partial charge on any atom is 0.261 e. The average molecular weight is 632 g/mol. The number of nitrogens with zero attached hydrogens (tertiary/aromatic N) is 2. The fourth-order valence-corrected chi connectivity index (χ4v) is 9.03. The predicted octanol–water partition coefficient (Wildman–Crippen LogP) is 6.75. The Hall–Kier alpha value is -2.86. The van der Waals surface area contributed by atoms with E-state index in [0.717, 1.165) is 22.4 Å². The Morgan fingerprint density at radius 3 is 2.16 bits per heavy atom. The van der Waals surface area contributed by atoms with Crippen LogP contribution in [0.5, 0.6) is 5.75 Å². The van der Waals surface area contributed by atoms with Crippen LogP contribution >= 0.6 is 8.53 Å². The van der Waals surface area contributed by atoms with Crippen LogP contribution in [-0.4, -0.2) is 61.1 Å². The standard InChI is InChI=1S/C36H44N3O5P/c1-26(2)39(27(3)4)45(42-22-12-21-37)44-35-24-34(33(35)32(43-35)23-41-34)25-38-36(28-13-8-6-9-14-28,29-15-10-7-11-16-29)30-17-19-31(40-5)20-18-30/h6-11,13-20,26-27,32-33,38H,12,22-25H2,1-5H3/t32-,33?,34-,35?,45?/m1/s1/i23T/t23?,32-,33?,34-,35?,45?. The summed E-state index contributed by atoms with van der Waals surface area (Å²) in [4.78, 5) is 0. The molecule has 2 saturated heterocycles. The van der Waals surface area contributed by atoms with E-state index in [1.807, 2.05) is 24.3 Å². The van der Waals surface area contributed by atoms with Gasteiger partial charge in [0.05, 0.1) is 57.3 Å². The molecule has 6 atom stereocenters. The first kappa shape index (κ1) is 30.8. The first-order valence-electron chi connectivity index (χ1n) is 16.3. The van der Waals surface area contributed by atoms with E-state index in [1.54, 1.807) is 7.11 Å². The second-order valence-electron chi connectivity index (χ2n) is 12.6. The molecule has 9 heteroatoms. The summed E-state index contributed by atoms with van der Waals surface area (Å²) in [5, 5.41) is 13.1. The zero-order chi connectivity index (χ0) is 32.5. The number of methoxy groups -OCH3 is 1. The molecule has 3 aliphatic rings. The summed E-state index contributed by atoms with van der Waals surface area (Å²) in [5.74, 6) is -0.250. The molecule has 45 heavy (non-hydrogen) atoms. The number of benzene rings is 3. The largest absolute Gasteiger partial charge is 0.497 e. The smallest absolute Gasteiger partial charge is 0.261 e. The number of hydrogen-bond acceptors (Lipinski definition) is 8. The molecule has 2 heterocycles. The summed E-state index contributed by atoms with van der Waals surface area (Å²) in [6.07, 6.45) is 0.363. The Morgan fingerprint density at radius 1 is 1.00 bits per heavy atom. The van der Waals surface area contributed by atoms with Gasteiger partial charge >= 0.3 is 0 Å². The van der Waals surface area contributed by atoms with Gasteiger partial charge in [-0.1, -0.05) is 72.8 Å². The summed E-state index contributed by atoms with van der Waals surface area (Å²) >= 11 is 0. The van der Waals surface area contributed by atoms with E-state index in [0.29, 0.717) is 13.0 Å². The van der Waals surface area contributed by atoms with E-state index in [2.05, 4.69) is 104 Å². The van der Waals surface area contributed by atoms with Crippen molar-refractivity contribution in [1.82, 2.24) is 9.99 Å². The van der Waals surface area contributed by atoms with E-state index in [1.165, 1.54) is 0 Å². The van der Waals surface area contributed by atoms with Crippen molar-refractivity contribution in [3.8, 4) is 11.8 Å². The maximum absolute atomic E-state index is 9.17. The third-order valence-corrected chi connectivity index (χ3v) is 11.3. The lowest BCUT2D eigenvalue weighted by Gasteiger charge is -2.66. The molecule has 0 bridgehead atoms. The predicted molar refractivity (Wildman–Crippen MR) is 174 cm³/mol. The molecule has 3 aromatic carbocycles. The molecule has 2 aliphatic heterocycles. The number of rotatable bonds is 15. The summed E-state index contributed by atoms with van der Waals surface area (Å²) in [7, 11) is 0.157. The van der Waals surface area contributed by atoms with Gasteiger partial charge in [-0.25, -0.2) is 4.67 Å². The average Bonchev–Trinajstić information content (AvgIpc) is 3.13. The lowest BCUT2D eigenvalue weighted by Crippen LogP contribution is -2.79. The highest BCUT2D eigenvalue weighted by atomic mass is 31.2. The Kier molecular flexibility index (Phi) is 8.96. The lowest BCUT2D eigenvalue weighted by molar-refractivity contribution is -0.417. The Bertz CT molecular complexity index is 1460. The summed E-state index contributed by atoms with van der Waals surface area (Å²) in [6, 6.07) is 31.6. The van der Waals surface area contributed by atoms with Crippen LogP contribution in [0.15, 0.2) is 84.9 Å². The molecule has 0 radical (unpaired) electrons. The topological polar surface area (TPSA) is 85.2 Å². The molecule has 0 aromatic heterocycles. The van der Waals surface area contributed by atoms with Crippen LogP contribution in [0, 0.1) is 17.2 Å². The highest BCUT2D eigenvalue weighted by molar-refractivity contribution is 7.44. The first-order valence-corrected chi connectivity index (χ1v) is 16.9. The lowest BCUT2D eigenvalue weighted by atomic mass is 9.59. The van der Waals surface area contributed by atoms with Gasteiger partial charge < -0.3 is 18.7 Å². The summed E-state index contributed by atoms with van der Waals surface area (Å²) < 4.78 is 42.4. The van der Waals surface area contributed by atoms with Crippen molar-refractivity contribution < 1.29 is 24.6 Å². The van der Waals surface area contributed by atoms with Crippen LogP contribution in [0.4, 0.5) is 0 Å². The van der Waals surface area contributed by atoms with Gasteiger partial charge in [-0.15, -0.1) is 0 Å². The Morgan fingerprint density at radius 2 is 1.60 bits per heavy atom. The molecule has 3 aromatic rings. The van der Waals surface area contributed by atoms with Crippen molar-refractivity contribution in [3.05, 3.63) is 102 Å². The van der Waals surface area contributed by atoms with Crippen molar-refractivity contribution >= 4 is 8.53 Å². The van der Waals surface area contributed by atoms with Crippen LogP contribution in [0.1, 0.15) is 58.6 Å². The van der Waals surface area contributed by atoms with Crippen LogP contribution in [0.25, 0.3) is 0 Å². The number of nitrogens with one attached hydrogen (secondary N) is 1. The van der Waals surface area contributed by atoms with Crippen molar-refractivity contribution in [2.75, 3.05) is 26.8 Å². The van der Waals surface area contributed by atoms with E-state index >= 15 is 0 Å². The minimum absolute atomic E-state index is 0.138. The Balaban J connectivity index is 1.33. The molecule has 6 rings (SSSR count). The van der Waals surface area contributed by atoms with Gasteiger partial charge in [-0.2, -0.15) is 5.26 Å². The fraction of sp³-hybridized carbons (Fsp3) is 0.472. The third kappa shape index (κ3) is 5.70. The SMILES string of the molecule is [3H]C1O[C@@]2(CNC(c3ccccc3)(c3ccccc3)c3ccc(OC)cc3)CC3(OP(OCCC#N)N(C(C)C)C(C)C)O[C@H]1C32. The van der Waals surface area contributed by atoms with Gasteiger partial charge in [0, 0.05) is 25.0 Å². The van der Waals surface area contributed by atoms with Crippen molar-refractivity contribution in [1.29, 1.82) is 5.26 Å². The molecule has 238 valence electrons. The van der Waals surface area contributed by atoms with E-state index < -0.39 is 32.0 Å². The Labute approximate surface area is 270 Å². The highest BCUT2D eigenvalue weighted by Gasteiger charge is 2.80. The monoisotopic (exact) mass is 631 g/mol. The minimum Gasteiger partial charge on any atom is -0.497 e. The molecular weight excluding hydrogens is 585 g/mol. The van der Waals surface area contributed by atoms with Crippen LogP contribution in [0.2, 0.25) is 0 Å². The van der Waals surface area contributed by atoms with Gasteiger partial charge in [0.2, 0.25) is 0 Å². The van der Waals surface area contributed by atoms with Crippen molar-refractivity contribution in [2.24, 2.45) is 5.92 Å². The van der Waals surface area contributed by atoms with Crippen LogP contribution in [0.3, 0.4) is 0 Å². The van der Waals surface area contributed by atoms with Crippen LogP contribution < -0.4 is 10.1 Å². The molecular formula is C36H44N3O5P. The first-order chi connectivity index (χ1) is 22.2. The van der Waals surface area contributed by atoms with Gasteiger partial charge in [0.1, 0.15) is 5.75 Å². The summed E-state index contributed by atoms with van der Waals surface area (Å²) in [5.41, 5.74) is 1.86. The van der Waals surface area contributed by atoms with E-state index in [4.69, 9.17) is 29.9 Å². The fourth-order valence-electron chi connectivity index (χ4n) is 7.27. The van der Waals surface area contributed by atoms with Gasteiger partial charge in [-0.05, 0) is 56.5 Å². The number of ether oxygens (including phenoxy) is 3. The van der Waals surface area contributed by atoms with Gasteiger partial charge in [-0.3, -0.25) is 9.84 Å². The molecule has 1 N–H and O–H groups in total. The number of hydrogen-bond donors (Lipinski definition) is 1. The molecule has 8 nitrogen and oxygen atoms in total. The van der Waals surface area contributed by atoms with Crippen molar-refractivity contribution in [3.63, 3.8) is 0 Å². The maximum atomic E-state index is 9.17. The molecule has 1 aliphatic carbocycles. The molecule has 0 spiro atoms. The molecule has 1 saturated carbocycles. The minimum atomic E-state index is -1.52. The number of nitriles is 1. The molecule has 0 amide bonds. The molecule has 3 fully saturated rings. The summed E-state index contributed by atoms with van der Waals surface area (Å²) in [6.45, 7) is 8.42. The third-order valence-electron chi connectivity index (χ3n) is 9.17. The van der Waals surface area contributed by atoms with E-state index in [9.17, 15) is 0 Å². The van der Waals surface area contributed by atoms with Gasteiger partial charge in [0.25, 0.3) is 8.53 Å². The van der Waals surface area contributed by atoms with Gasteiger partial charge in [0.15, 0.2) is 5.79 Å². The van der Waals surface area contributed by atoms with Crippen LogP contribution in [-0.2, 0) is 24.1 Å².